The van der Waals surface area contributed by atoms with Gasteiger partial charge in [-0.1, -0.05) is 23.7 Å². The molecule has 1 aromatic heterocycles. The first kappa shape index (κ1) is 9.80. The Labute approximate surface area is 91.8 Å². The molecule has 0 fully saturated rings. The lowest BCUT2D eigenvalue weighted by molar-refractivity contribution is 0.111. The van der Waals surface area contributed by atoms with E-state index in [0.717, 1.165) is 11.3 Å². The number of hydrogen-bond donors (Lipinski definition) is 0. The lowest BCUT2D eigenvalue weighted by Gasteiger charge is -1.99. The second kappa shape index (κ2) is 4.19. The molecule has 1 aromatic carbocycles. The topological polar surface area (TPSA) is 42.9 Å². The fraction of sp³-hybridized carbons (Fsp3) is 0. The maximum absolute atomic E-state index is 10.4. The number of rotatable bonds is 2. The molecule has 2 rings (SSSR count). The summed E-state index contributed by atoms with van der Waals surface area (Å²) in [4.78, 5) is 18.4. The van der Waals surface area contributed by atoms with Gasteiger partial charge in [-0.15, -0.1) is 0 Å². The highest BCUT2D eigenvalue weighted by Crippen LogP contribution is 2.18. The third-order valence-electron chi connectivity index (χ3n) is 1.93. The van der Waals surface area contributed by atoms with Crippen molar-refractivity contribution in [2.24, 2.45) is 0 Å². The van der Waals surface area contributed by atoms with Crippen LogP contribution in [-0.2, 0) is 0 Å². The highest BCUT2D eigenvalue weighted by Gasteiger charge is 1.99. The maximum atomic E-state index is 10.4. The Balaban J connectivity index is 2.37. The summed E-state index contributed by atoms with van der Waals surface area (Å²) in [7, 11) is 0. The normalized spacial score (nSPS) is 9.93. The van der Waals surface area contributed by atoms with Crippen molar-refractivity contribution in [3.05, 3.63) is 47.4 Å². The van der Waals surface area contributed by atoms with Gasteiger partial charge in [0.05, 0.1) is 18.1 Å². The van der Waals surface area contributed by atoms with Crippen molar-refractivity contribution >= 4 is 17.9 Å². The van der Waals surface area contributed by atoms with Gasteiger partial charge in [0.25, 0.3) is 0 Å². The Kier molecular flexibility index (Phi) is 2.74. The van der Waals surface area contributed by atoms with Crippen molar-refractivity contribution in [1.82, 2.24) is 9.97 Å². The van der Waals surface area contributed by atoms with E-state index in [-0.39, 0.29) is 0 Å². The highest BCUT2D eigenvalue weighted by molar-refractivity contribution is 6.30. The smallest absolute Gasteiger partial charge is 0.170 e. The fourth-order valence-electron chi connectivity index (χ4n) is 1.17. The molecule has 0 aliphatic rings. The molecule has 0 unspecified atom stereocenters. The van der Waals surface area contributed by atoms with E-state index < -0.39 is 0 Å². The number of aldehydes is 1. The Bertz CT molecular complexity index is 465. The summed E-state index contributed by atoms with van der Waals surface area (Å²) in [6.07, 6.45) is 3.67. The second-order valence-corrected chi connectivity index (χ2v) is 3.39. The van der Waals surface area contributed by atoms with Crippen LogP contribution in [0.2, 0.25) is 5.02 Å². The summed E-state index contributed by atoms with van der Waals surface area (Å²) in [5, 5.41) is 0.677. The van der Waals surface area contributed by atoms with Crippen LogP contribution >= 0.6 is 11.6 Å². The summed E-state index contributed by atoms with van der Waals surface area (Å²) in [5.41, 5.74) is 1.97. The van der Waals surface area contributed by atoms with E-state index in [1.54, 1.807) is 18.3 Å². The van der Waals surface area contributed by atoms with Crippen molar-refractivity contribution in [2.45, 2.75) is 0 Å². The third-order valence-corrected chi connectivity index (χ3v) is 2.18. The van der Waals surface area contributed by atoms with Crippen molar-refractivity contribution in [1.29, 1.82) is 0 Å². The van der Waals surface area contributed by atoms with Gasteiger partial charge in [-0.25, -0.2) is 4.98 Å². The summed E-state index contributed by atoms with van der Waals surface area (Å²) < 4.78 is 0. The fourth-order valence-corrected chi connectivity index (χ4v) is 1.29. The molecule has 74 valence electrons. The molecular weight excluding hydrogens is 212 g/mol. The van der Waals surface area contributed by atoms with Crippen LogP contribution in [0.5, 0.6) is 0 Å². The summed E-state index contributed by atoms with van der Waals surface area (Å²) >= 11 is 5.76. The van der Waals surface area contributed by atoms with E-state index >= 15 is 0 Å². The quantitative estimate of drug-likeness (QED) is 0.728. The number of carbonyl (C=O) groups is 1. The molecule has 0 saturated heterocycles. The Morgan fingerprint density at radius 3 is 2.33 bits per heavy atom. The SMILES string of the molecule is O=Cc1cnc(-c2ccc(Cl)cc2)cn1. The van der Waals surface area contributed by atoms with Gasteiger partial charge in [0.1, 0.15) is 5.69 Å². The first-order chi connectivity index (χ1) is 7.29. The summed E-state index contributed by atoms with van der Waals surface area (Å²) in [6, 6.07) is 7.28. The number of carbonyl (C=O) groups excluding carboxylic acids is 1. The Hall–Kier alpha value is -1.74. The van der Waals surface area contributed by atoms with Crippen molar-refractivity contribution in [2.75, 3.05) is 0 Å². The minimum Gasteiger partial charge on any atom is -0.296 e. The van der Waals surface area contributed by atoms with Crippen LogP contribution in [0.1, 0.15) is 10.5 Å². The van der Waals surface area contributed by atoms with Gasteiger partial charge in [0.2, 0.25) is 0 Å². The lowest BCUT2D eigenvalue weighted by atomic mass is 10.2. The molecule has 0 saturated carbocycles. The van der Waals surface area contributed by atoms with Crippen LogP contribution in [0.25, 0.3) is 11.3 Å². The van der Waals surface area contributed by atoms with Gasteiger partial charge in [-0.05, 0) is 12.1 Å². The van der Waals surface area contributed by atoms with Crippen LogP contribution in [0, 0.1) is 0 Å². The lowest BCUT2D eigenvalue weighted by Crippen LogP contribution is -1.90. The molecule has 0 aliphatic heterocycles. The molecule has 3 nitrogen and oxygen atoms in total. The van der Waals surface area contributed by atoms with Crippen LogP contribution in [0.15, 0.2) is 36.7 Å². The summed E-state index contributed by atoms with van der Waals surface area (Å²) in [5.74, 6) is 0. The minimum atomic E-state index is 0.327. The molecule has 0 spiro atoms. The molecule has 0 N–H and O–H groups in total. The van der Waals surface area contributed by atoms with E-state index in [9.17, 15) is 4.79 Å². The molecule has 0 radical (unpaired) electrons. The van der Waals surface area contributed by atoms with Crippen molar-refractivity contribution < 1.29 is 4.79 Å². The van der Waals surface area contributed by atoms with Crippen LogP contribution < -0.4 is 0 Å². The van der Waals surface area contributed by atoms with E-state index in [0.29, 0.717) is 17.0 Å². The molecule has 1 heterocycles. The zero-order valence-corrected chi connectivity index (χ0v) is 8.48. The molecule has 15 heavy (non-hydrogen) atoms. The van der Waals surface area contributed by atoms with Gasteiger partial charge in [0.15, 0.2) is 6.29 Å². The second-order valence-electron chi connectivity index (χ2n) is 2.95. The van der Waals surface area contributed by atoms with Crippen molar-refractivity contribution in [3.63, 3.8) is 0 Å². The molecular formula is C11H7ClN2O. The first-order valence-electron chi connectivity index (χ1n) is 4.33. The highest BCUT2D eigenvalue weighted by atomic mass is 35.5. The van der Waals surface area contributed by atoms with Gasteiger partial charge in [-0.3, -0.25) is 9.78 Å². The van der Waals surface area contributed by atoms with Gasteiger partial charge >= 0.3 is 0 Å². The number of hydrogen-bond acceptors (Lipinski definition) is 3. The Morgan fingerprint density at radius 1 is 1.07 bits per heavy atom. The zero-order chi connectivity index (χ0) is 10.7. The van der Waals surface area contributed by atoms with E-state index in [1.807, 2.05) is 12.1 Å². The largest absolute Gasteiger partial charge is 0.296 e. The van der Waals surface area contributed by atoms with Gasteiger partial charge in [0, 0.05) is 10.6 Å². The zero-order valence-electron chi connectivity index (χ0n) is 7.72. The van der Waals surface area contributed by atoms with Crippen LogP contribution in [0.4, 0.5) is 0 Å². The summed E-state index contributed by atoms with van der Waals surface area (Å²) in [6.45, 7) is 0. The first-order valence-corrected chi connectivity index (χ1v) is 4.70. The molecule has 2 aromatic rings. The monoisotopic (exact) mass is 218 g/mol. The van der Waals surface area contributed by atoms with Crippen molar-refractivity contribution in [3.8, 4) is 11.3 Å². The molecule has 4 heteroatoms. The predicted molar refractivity (Wildman–Crippen MR) is 57.9 cm³/mol. The minimum absolute atomic E-state index is 0.327. The van der Waals surface area contributed by atoms with Gasteiger partial charge < -0.3 is 0 Å². The molecule has 0 bridgehead atoms. The van der Waals surface area contributed by atoms with E-state index in [4.69, 9.17) is 11.6 Å². The number of aromatic nitrogens is 2. The Morgan fingerprint density at radius 2 is 1.80 bits per heavy atom. The van der Waals surface area contributed by atoms with Crippen LogP contribution in [-0.4, -0.2) is 16.3 Å². The standard InChI is InChI=1S/C11H7ClN2O/c12-9-3-1-8(2-4-9)11-6-13-10(7-15)5-14-11/h1-7H. The molecule has 0 atom stereocenters. The predicted octanol–water partition coefficient (Wildman–Crippen LogP) is 2.61. The average Bonchev–Trinajstić information content (AvgIpc) is 2.30. The van der Waals surface area contributed by atoms with E-state index in [1.165, 1.54) is 6.20 Å². The number of benzene rings is 1. The molecule has 0 aliphatic carbocycles. The molecule has 0 amide bonds. The maximum Gasteiger partial charge on any atom is 0.170 e. The number of halogens is 1. The van der Waals surface area contributed by atoms with Gasteiger partial charge in [-0.2, -0.15) is 0 Å². The number of nitrogens with zero attached hydrogens (tertiary/aromatic N) is 2. The van der Waals surface area contributed by atoms with E-state index in [2.05, 4.69) is 9.97 Å². The van der Waals surface area contributed by atoms with Crippen LogP contribution in [0.3, 0.4) is 0 Å². The average molecular weight is 219 g/mol. The third kappa shape index (κ3) is 2.19.